The monoisotopic (exact) mass is 361 g/mol. The van der Waals surface area contributed by atoms with E-state index in [9.17, 15) is 4.79 Å². The molecule has 0 spiro atoms. The van der Waals surface area contributed by atoms with Gasteiger partial charge in [-0.15, -0.1) is 12.4 Å². The van der Waals surface area contributed by atoms with Gasteiger partial charge in [0.25, 0.3) is 0 Å². The summed E-state index contributed by atoms with van der Waals surface area (Å²) < 4.78 is 5.27. The number of carbonyl (C=O) groups is 1. The summed E-state index contributed by atoms with van der Waals surface area (Å²) in [7, 11) is 1.75. The van der Waals surface area contributed by atoms with E-state index >= 15 is 0 Å². The molecule has 132 valence electrons. The van der Waals surface area contributed by atoms with E-state index in [0.717, 1.165) is 12.0 Å². The Morgan fingerprint density at radius 2 is 2.04 bits per heavy atom. The number of nitrogens with zero attached hydrogens (tertiary/aromatic N) is 4. The highest BCUT2D eigenvalue weighted by Gasteiger charge is 2.47. The van der Waals surface area contributed by atoms with Crippen LogP contribution in [0.15, 0.2) is 41.2 Å². The smallest absolute Gasteiger partial charge is 0.246 e. The largest absolute Gasteiger partial charge is 0.337 e. The van der Waals surface area contributed by atoms with E-state index in [1.807, 2.05) is 12.1 Å². The third kappa shape index (κ3) is 3.17. The van der Waals surface area contributed by atoms with Gasteiger partial charge in [0.05, 0.1) is 12.5 Å². The third-order valence-electron chi connectivity index (χ3n) is 4.96. The van der Waals surface area contributed by atoms with Gasteiger partial charge in [0, 0.05) is 31.0 Å². The first kappa shape index (κ1) is 17.6. The Labute approximate surface area is 151 Å². The molecule has 8 heteroatoms. The number of hydrogen-bond donors (Lipinski definition) is 1. The number of amides is 1. The zero-order valence-electron chi connectivity index (χ0n) is 13.8. The average molecular weight is 362 g/mol. The SMILES string of the molecule is CN(Cc1nc(-c2ccncc2)no1)C(=O)[C@H]1[C@@H](N)[C@H]2C=C[C@@H]1C2.Cl. The summed E-state index contributed by atoms with van der Waals surface area (Å²) in [4.78, 5) is 22.7. The fraction of sp³-hybridized carbons (Fsp3) is 0.412. The average Bonchev–Trinajstić information content (AvgIpc) is 3.31. The Kier molecular flexibility index (Phi) is 4.87. The van der Waals surface area contributed by atoms with Crippen molar-refractivity contribution in [3.05, 3.63) is 42.6 Å². The van der Waals surface area contributed by atoms with Crippen LogP contribution >= 0.6 is 12.4 Å². The summed E-state index contributed by atoms with van der Waals surface area (Å²) in [6, 6.07) is 3.53. The van der Waals surface area contributed by atoms with Crippen molar-refractivity contribution < 1.29 is 9.32 Å². The number of rotatable bonds is 4. The van der Waals surface area contributed by atoms with Crippen LogP contribution in [0.25, 0.3) is 11.4 Å². The van der Waals surface area contributed by atoms with E-state index in [4.69, 9.17) is 10.3 Å². The van der Waals surface area contributed by atoms with Crippen LogP contribution in [0.5, 0.6) is 0 Å². The first-order valence-corrected chi connectivity index (χ1v) is 8.05. The van der Waals surface area contributed by atoms with Crippen molar-refractivity contribution in [3.63, 3.8) is 0 Å². The van der Waals surface area contributed by atoms with Crippen molar-refractivity contribution in [1.29, 1.82) is 0 Å². The van der Waals surface area contributed by atoms with E-state index in [0.29, 0.717) is 17.6 Å². The lowest BCUT2D eigenvalue weighted by Gasteiger charge is -2.27. The minimum Gasteiger partial charge on any atom is -0.337 e. The Morgan fingerprint density at radius 3 is 2.72 bits per heavy atom. The first-order chi connectivity index (χ1) is 11.6. The molecule has 1 saturated carbocycles. The van der Waals surface area contributed by atoms with Gasteiger partial charge >= 0.3 is 0 Å². The Bertz CT molecular complexity index is 778. The Morgan fingerprint density at radius 1 is 1.32 bits per heavy atom. The zero-order chi connectivity index (χ0) is 16.7. The molecule has 0 aliphatic heterocycles. The van der Waals surface area contributed by atoms with E-state index in [-0.39, 0.29) is 42.7 Å². The summed E-state index contributed by atoms with van der Waals surface area (Å²) in [6.45, 7) is 0.279. The second-order valence-corrected chi connectivity index (χ2v) is 6.49. The Balaban J connectivity index is 0.00000182. The molecule has 2 N–H and O–H groups in total. The number of allylic oxidation sites excluding steroid dienone is 1. The molecular weight excluding hydrogens is 342 g/mol. The number of carbonyl (C=O) groups excluding carboxylic acids is 1. The zero-order valence-corrected chi connectivity index (χ0v) is 14.6. The maximum Gasteiger partial charge on any atom is 0.246 e. The number of halogens is 1. The number of aromatic nitrogens is 3. The molecule has 2 heterocycles. The van der Waals surface area contributed by atoms with E-state index < -0.39 is 0 Å². The molecule has 2 aliphatic rings. The van der Waals surface area contributed by atoms with Gasteiger partial charge in [0.2, 0.25) is 17.6 Å². The van der Waals surface area contributed by atoms with Crippen molar-refractivity contribution in [3.8, 4) is 11.4 Å². The maximum atomic E-state index is 12.7. The van der Waals surface area contributed by atoms with Gasteiger partial charge in [0.1, 0.15) is 0 Å². The van der Waals surface area contributed by atoms with Gasteiger partial charge in [-0.2, -0.15) is 4.98 Å². The summed E-state index contributed by atoms with van der Waals surface area (Å²) >= 11 is 0. The van der Waals surface area contributed by atoms with Crippen LogP contribution in [-0.2, 0) is 11.3 Å². The third-order valence-corrected chi connectivity index (χ3v) is 4.96. The number of hydrogen-bond acceptors (Lipinski definition) is 6. The summed E-state index contributed by atoms with van der Waals surface area (Å²) in [6.07, 6.45) is 8.59. The fourth-order valence-corrected chi connectivity index (χ4v) is 3.68. The highest BCUT2D eigenvalue weighted by molar-refractivity contribution is 5.85. The first-order valence-electron chi connectivity index (χ1n) is 8.05. The Hall–Kier alpha value is -2.25. The molecule has 1 amide bonds. The topological polar surface area (TPSA) is 98.1 Å². The number of nitrogens with two attached hydrogens (primary N) is 1. The van der Waals surface area contributed by atoms with E-state index in [1.54, 1.807) is 24.3 Å². The van der Waals surface area contributed by atoms with Crippen LogP contribution in [-0.4, -0.2) is 39.0 Å². The molecule has 0 aromatic carbocycles. The van der Waals surface area contributed by atoms with Crippen molar-refractivity contribution in [2.45, 2.75) is 19.0 Å². The summed E-state index contributed by atoms with van der Waals surface area (Å²) in [5.41, 5.74) is 7.05. The van der Waals surface area contributed by atoms with Gasteiger partial charge in [-0.25, -0.2) is 0 Å². The van der Waals surface area contributed by atoms with Crippen molar-refractivity contribution in [2.75, 3.05) is 7.05 Å². The molecule has 0 saturated heterocycles. The lowest BCUT2D eigenvalue weighted by Crippen LogP contribution is -2.44. The minimum atomic E-state index is -0.146. The molecule has 25 heavy (non-hydrogen) atoms. The van der Waals surface area contributed by atoms with Gasteiger partial charge in [-0.3, -0.25) is 9.78 Å². The van der Waals surface area contributed by atoms with Crippen molar-refractivity contribution in [1.82, 2.24) is 20.0 Å². The minimum absolute atomic E-state index is 0. The molecule has 7 nitrogen and oxygen atoms in total. The van der Waals surface area contributed by atoms with Gasteiger partial charge in [0.15, 0.2) is 0 Å². The van der Waals surface area contributed by atoms with E-state index in [2.05, 4.69) is 27.3 Å². The van der Waals surface area contributed by atoms with Crippen molar-refractivity contribution in [2.24, 2.45) is 23.5 Å². The highest BCUT2D eigenvalue weighted by atomic mass is 35.5. The van der Waals surface area contributed by atoms with Gasteiger partial charge < -0.3 is 15.2 Å². The van der Waals surface area contributed by atoms with E-state index in [1.165, 1.54) is 0 Å². The van der Waals surface area contributed by atoms with Crippen LogP contribution in [0.3, 0.4) is 0 Å². The molecule has 2 aliphatic carbocycles. The predicted molar refractivity (Wildman–Crippen MR) is 93.5 cm³/mol. The van der Waals surface area contributed by atoms with Crippen molar-refractivity contribution >= 4 is 18.3 Å². The quantitative estimate of drug-likeness (QED) is 0.831. The lowest BCUT2D eigenvalue weighted by atomic mass is 9.88. The standard InChI is InChI=1S/C17H19N5O2.ClH/c1-22(17(23)14-11-2-3-12(8-11)15(14)18)9-13-20-16(21-24-13)10-4-6-19-7-5-10;/h2-7,11-12,14-15H,8-9,18H2,1H3;1H/t11-,12+,14-,15+;/m1./s1. The van der Waals surface area contributed by atoms with Crippen LogP contribution in [0.1, 0.15) is 12.3 Å². The highest BCUT2D eigenvalue weighted by Crippen LogP contribution is 2.43. The van der Waals surface area contributed by atoms with Crippen LogP contribution < -0.4 is 5.73 Å². The molecule has 0 unspecified atom stereocenters. The number of fused-ring (bicyclic) bond motifs is 2. The maximum absolute atomic E-state index is 12.7. The summed E-state index contributed by atoms with van der Waals surface area (Å²) in [5, 5.41) is 3.96. The molecule has 4 atom stereocenters. The molecule has 0 radical (unpaired) electrons. The van der Waals surface area contributed by atoms with Crippen LogP contribution in [0.2, 0.25) is 0 Å². The normalized spacial score (nSPS) is 26.5. The van der Waals surface area contributed by atoms with Crippen LogP contribution in [0, 0.1) is 17.8 Å². The molecule has 2 aromatic rings. The van der Waals surface area contributed by atoms with Crippen LogP contribution in [0.4, 0.5) is 0 Å². The lowest BCUT2D eigenvalue weighted by molar-refractivity contribution is -0.136. The molecule has 1 fully saturated rings. The van der Waals surface area contributed by atoms with Gasteiger partial charge in [-0.1, -0.05) is 17.3 Å². The molecule has 4 rings (SSSR count). The second kappa shape index (κ2) is 6.93. The molecule has 2 bridgehead atoms. The fourth-order valence-electron chi connectivity index (χ4n) is 3.68. The summed E-state index contributed by atoms with van der Waals surface area (Å²) in [5.74, 6) is 1.39. The number of pyridine rings is 1. The second-order valence-electron chi connectivity index (χ2n) is 6.49. The van der Waals surface area contributed by atoms with Gasteiger partial charge in [-0.05, 0) is 30.4 Å². The molecule has 2 aromatic heterocycles. The predicted octanol–water partition coefficient (Wildman–Crippen LogP) is 1.66. The molecular formula is C17H20ClN5O2.